The minimum atomic E-state index is -0.123. The van der Waals surface area contributed by atoms with Gasteiger partial charge in [-0.3, -0.25) is 5.32 Å². The van der Waals surface area contributed by atoms with E-state index in [4.69, 9.17) is 0 Å². The van der Waals surface area contributed by atoms with Gasteiger partial charge >= 0.3 is 6.03 Å². The van der Waals surface area contributed by atoms with Crippen molar-refractivity contribution in [2.45, 2.75) is 13.8 Å². The van der Waals surface area contributed by atoms with Gasteiger partial charge in [0.25, 0.3) is 0 Å². The lowest BCUT2D eigenvalue weighted by Crippen LogP contribution is -2.34. The molecule has 0 radical (unpaired) electrons. The molecule has 2 amide bonds. The van der Waals surface area contributed by atoms with Crippen LogP contribution in [-0.2, 0) is 0 Å². The number of anilines is 1. The molecule has 0 atom stereocenters. The van der Waals surface area contributed by atoms with Crippen molar-refractivity contribution in [2.24, 2.45) is 0 Å². The molecule has 1 aromatic heterocycles. The van der Waals surface area contributed by atoms with Crippen LogP contribution >= 0.6 is 11.5 Å². The molecular weight excluding hydrogens is 188 g/mol. The van der Waals surface area contributed by atoms with Crippen LogP contribution in [0.4, 0.5) is 9.93 Å². The zero-order valence-electron chi connectivity index (χ0n) is 7.65. The number of hydrogen-bond acceptors (Lipinski definition) is 4. The molecule has 0 aliphatic rings. The van der Waals surface area contributed by atoms with Crippen LogP contribution in [0.25, 0.3) is 0 Å². The molecule has 0 spiro atoms. The van der Waals surface area contributed by atoms with Crippen molar-refractivity contribution in [1.82, 2.24) is 14.3 Å². The molecule has 0 aliphatic carbocycles. The Kier molecular flexibility index (Phi) is 3.63. The molecular formula is C7H12N4OS. The number of hydrogen-bond donors (Lipinski definition) is 1. The van der Waals surface area contributed by atoms with Crippen LogP contribution in [0.3, 0.4) is 0 Å². The van der Waals surface area contributed by atoms with Crippen LogP contribution in [-0.4, -0.2) is 33.4 Å². The molecule has 6 heteroatoms. The summed E-state index contributed by atoms with van der Waals surface area (Å²) >= 11 is 1.17. The third-order valence-electron chi connectivity index (χ3n) is 1.63. The molecule has 0 saturated heterocycles. The van der Waals surface area contributed by atoms with E-state index in [1.807, 2.05) is 13.8 Å². The third-order valence-corrected chi connectivity index (χ3v) is 2.21. The molecule has 72 valence electrons. The van der Waals surface area contributed by atoms with Gasteiger partial charge in [-0.15, -0.1) is 0 Å². The van der Waals surface area contributed by atoms with Gasteiger partial charge in [0.05, 0.1) is 0 Å². The number of amides is 2. The zero-order chi connectivity index (χ0) is 9.68. The Hall–Kier alpha value is -1.17. The van der Waals surface area contributed by atoms with Crippen LogP contribution < -0.4 is 5.32 Å². The minimum absolute atomic E-state index is 0.123. The Balaban J connectivity index is 2.49. The van der Waals surface area contributed by atoms with Crippen molar-refractivity contribution in [3.05, 3.63) is 6.33 Å². The van der Waals surface area contributed by atoms with E-state index in [-0.39, 0.29) is 6.03 Å². The summed E-state index contributed by atoms with van der Waals surface area (Å²) in [5.41, 5.74) is 0. The van der Waals surface area contributed by atoms with Gasteiger partial charge in [-0.2, -0.15) is 4.37 Å². The van der Waals surface area contributed by atoms with Crippen molar-refractivity contribution in [1.29, 1.82) is 0 Å². The predicted octanol–water partition coefficient (Wildman–Crippen LogP) is 1.41. The normalized spacial score (nSPS) is 9.69. The molecule has 13 heavy (non-hydrogen) atoms. The summed E-state index contributed by atoms with van der Waals surface area (Å²) in [6.45, 7) is 5.26. The fourth-order valence-electron chi connectivity index (χ4n) is 0.910. The topological polar surface area (TPSA) is 58.1 Å². The van der Waals surface area contributed by atoms with Crippen LogP contribution in [0, 0.1) is 0 Å². The number of nitrogens with zero attached hydrogens (tertiary/aromatic N) is 3. The molecule has 0 saturated carbocycles. The molecule has 1 aromatic rings. The van der Waals surface area contributed by atoms with Gasteiger partial charge in [0.15, 0.2) is 0 Å². The van der Waals surface area contributed by atoms with Gasteiger partial charge in [0.2, 0.25) is 5.13 Å². The second-order valence-corrected chi connectivity index (χ2v) is 3.13. The summed E-state index contributed by atoms with van der Waals surface area (Å²) in [6, 6.07) is -0.123. The van der Waals surface area contributed by atoms with Gasteiger partial charge in [-0.1, -0.05) is 0 Å². The van der Waals surface area contributed by atoms with Gasteiger partial charge < -0.3 is 4.90 Å². The smallest absolute Gasteiger partial charge is 0.323 e. The first-order chi connectivity index (χ1) is 6.27. The van der Waals surface area contributed by atoms with E-state index in [9.17, 15) is 4.79 Å². The molecule has 0 unspecified atom stereocenters. The third kappa shape index (κ3) is 2.66. The van der Waals surface area contributed by atoms with E-state index in [1.54, 1.807) is 4.90 Å². The predicted molar refractivity (Wildman–Crippen MR) is 51.8 cm³/mol. The second kappa shape index (κ2) is 4.76. The highest BCUT2D eigenvalue weighted by Crippen LogP contribution is 2.07. The van der Waals surface area contributed by atoms with Crippen LogP contribution in [0.1, 0.15) is 13.8 Å². The van der Waals surface area contributed by atoms with Crippen molar-refractivity contribution >= 4 is 22.7 Å². The summed E-state index contributed by atoms with van der Waals surface area (Å²) in [5, 5.41) is 3.19. The fraction of sp³-hybridized carbons (Fsp3) is 0.571. The van der Waals surface area contributed by atoms with Gasteiger partial charge in [0, 0.05) is 24.6 Å². The summed E-state index contributed by atoms with van der Waals surface area (Å²) in [5.74, 6) is 0. The Bertz CT molecular complexity index is 257. The molecule has 0 bridgehead atoms. The summed E-state index contributed by atoms with van der Waals surface area (Å²) in [7, 11) is 0. The maximum Gasteiger partial charge on any atom is 0.323 e. The van der Waals surface area contributed by atoms with Crippen molar-refractivity contribution < 1.29 is 4.79 Å². The highest BCUT2D eigenvalue weighted by atomic mass is 32.1. The standard InChI is InChI=1S/C7H12N4OS/c1-3-11(4-2)7(12)10-6-8-5-9-13-6/h5H,3-4H2,1-2H3,(H,8,9,10,12). The Morgan fingerprint density at radius 2 is 2.31 bits per heavy atom. The molecule has 1 heterocycles. The second-order valence-electron chi connectivity index (χ2n) is 2.35. The SMILES string of the molecule is CCN(CC)C(=O)Nc1ncns1. The summed E-state index contributed by atoms with van der Waals surface area (Å²) < 4.78 is 3.78. The number of carbonyl (C=O) groups is 1. The van der Waals surface area contributed by atoms with E-state index < -0.39 is 0 Å². The van der Waals surface area contributed by atoms with E-state index >= 15 is 0 Å². The van der Waals surface area contributed by atoms with Crippen molar-refractivity contribution in [3.63, 3.8) is 0 Å². The average molecular weight is 200 g/mol. The Morgan fingerprint density at radius 1 is 1.62 bits per heavy atom. The molecule has 5 nitrogen and oxygen atoms in total. The van der Waals surface area contributed by atoms with Gasteiger partial charge in [0.1, 0.15) is 6.33 Å². The highest BCUT2D eigenvalue weighted by Gasteiger charge is 2.10. The maximum absolute atomic E-state index is 11.4. The van der Waals surface area contributed by atoms with E-state index in [0.717, 1.165) is 0 Å². The molecule has 0 fully saturated rings. The first-order valence-corrected chi connectivity index (χ1v) is 4.87. The van der Waals surface area contributed by atoms with Gasteiger partial charge in [-0.05, 0) is 13.8 Å². The number of urea groups is 1. The number of carbonyl (C=O) groups excluding carboxylic acids is 1. The number of rotatable bonds is 3. The molecule has 0 aromatic carbocycles. The molecule has 0 aliphatic heterocycles. The lowest BCUT2D eigenvalue weighted by Gasteiger charge is -2.17. The Labute approximate surface area is 80.9 Å². The monoisotopic (exact) mass is 200 g/mol. The minimum Gasteiger partial charge on any atom is -0.325 e. The highest BCUT2D eigenvalue weighted by molar-refractivity contribution is 7.09. The van der Waals surface area contributed by atoms with Crippen LogP contribution in [0.5, 0.6) is 0 Å². The largest absolute Gasteiger partial charge is 0.325 e. The Morgan fingerprint density at radius 3 is 2.77 bits per heavy atom. The number of nitrogens with one attached hydrogen (secondary N) is 1. The lowest BCUT2D eigenvalue weighted by molar-refractivity contribution is 0.217. The maximum atomic E-state index is 11.4. The lowest BCUT2D eigenvalue weighted by atomic mass is 10.5. The van der Waals surface area contributed by atoms with Crippen molar-refractivity contribution in [3.8, 4) is 0 Å². The quantitative estimate of drug-likeness (QED) is 0.802. The average Bonchev–Trinajstić information content (AvgIpc) is 2.59. The fourth-order valence-corrected chi connectivity index (χ4v) is 1.33. The van der Waals surface area contributed by atoms with Crippen molar-refractivity contribution in [2.75, 3.05) is 18.4 Å². The molecule has 1 rings (SSSR count). The van der Waals surface area contributed by atoms with E-state index in [1.165, 1.54) is 17.9 Å². The molecule has 1 N–H and O–H groups in total. The van der Waals surface area contributed by atoms with Crippen LogP contribution in [0.2, 0.25) is 0 Å². The first kappa shape index (κ1) is 9.91. The zero-order valence-corrected chi connectivity index (χ0v) is 8.47. The summed E-state index contributed by atoms with van der Waals surface area (Å²) in [6.07, 6.45) is 1.42. The summed E-state index contributed by atoms with van der Waals surface area (Å²) in [4.78, 5) is 17.0. The van der Waals surface area contributed by atoms with E-state index in [0.29, 0.717) is 18.2 Å². The van der Waals surface area contributed by atoms with E-state index in [2.05, 4.69) is 14.7 Å². The first-order valence-electron chi connectivity index (χ1n) is 4.10. The van der Waals surface area contributed by atoms with Gasteiger partial charge in [-0.25, -0.2) is 9.78 Å². The number of aromatic nitrogens is 2. The van der Waals surface area contributed by atoms with Crippen LogP contribution in [0.15, 0.2) is 6.33 Å².